The average Bonchev–Trinajstić information content (AvgIpc) is 3.00. The maximum Gasteiger partial charge on any atom is 0.267 e. The van der Waals surface area contributed by atoms with Gasteiger partial charge in [-0.1, -0.05) is 0 Å². The van der Waals surface area contributed by atoms with Crippen LogP contribution < -0.4 is 10.6 Å². The summed E-state index contributed by atoms with van der Waals surface area (Å²) in [5.74, 6) is 0.388. The third-order valence-electron chi connectivity index (χ3n) is 2.20. The highest BCUT2D eigenvalue weighted by molar-refractivity contribution is 5.97. The van der Waals surface area contributed by atoms with Crippen LogP contribution in [0.2, 0.25) is 0 Å². The smallest absolute Gasteiger partial charge is 0.267 e. The van der Waals surface area contributed by atoms with Crippen molar-refractivity contribution in [3.63, 3.8) is 0 Å². The molecule has 1 amide bonds. The van der Waals surface area contributed by atoms with E-state index in [9.17, 15) is 4.79 Å². The second-order valence-electron chi connectivity index (χ2n) is 3.35. The van der Waals surface area contributed by atoms with Gasteiger partial charge in [0.1, 0.15) is 18.4 Å². The molecule has 1 saturated heterocycles. The summed E-state index contributed by atoms with van der Waals surface area (Å²) >= 11 is 0. The minimum absolute atomic E-state index is 0.0472. The van der Waals surface area contributed by atoms with Gasteiger partial charge in [-0.3, -0.25) is 4.79 Å². The molecular weight excluding hydrogens is 222 g/mol. The van der Waals surface area contributed by atoms with Gasteiger partial charge >= 0.3 is 0 Å². The van der Waals surface area contributed by atoms with Crippen molar-refractivity contribution in [2.45, 2.75) is 6.54 Å². The van der Waals surface area contributed by atoms with Gasteiger partial charge in [-0.05, 0) is 12.1 Å². The molecule has 88 valence electrons. The van der Waals surface area contributed by atoms with Crippen molar-refractivity contribution in [1.29, 1.82) is 5.26 Å². The third-order valence-corrected chi connectivity index (χ3v) is 2.20. The van der Waals surface area contributed by atoms with E-state index in [-0.39, 0.29) is 18.0 Å². The zero-order valence-electron chi connectivity index (χ0n) is 9.03. The predicted octanol–water partition coefficient (Wildman–Crippen LogP) is 0.251. The second-order valence-corrected chi connectivity index (χ2v) is 3.35. The monoisotopic (exact) mass is 233 g/mol. The molecule has 1 fully saturated rings. The Morgan fingerprint density at radius 2 is 2.53 bits per heavy atom. The summed E-state index contributed by atoms with van der Waals surface area (Å²) in [5, 5.41) is 14.3. The maximum atomic E-state index is 11.7. The molecule has 1 aromatic rings. The van der Waals surface area contributed by atoms with Gasteiger partial charge in [0.15, 0.2) is 5.57 Å². The summed E-state index contributed by atoms with van der Waals surface area (Å²) in [5.41, 5.74) is -0.0472. The molecule has 0 radical (unpaired) electrons. The summed E-state index contributed by atoms with van der Waals surface area (Å²) in [7, 11) is 0. The molecule has 0 saturated carbocycles. The highest BCUT2D eigenvalue weighted by atomic mass is 16.5. The number of carbonyl (C=O) groups excluding carboxylic acids is 1. The van der Waals surface area contributed by atoms with Gasteiger partial charge in [-0.15, -0.1) is 0 Å². The average molecular weight is 233 g/mol. The SMILES string of the molecule is N#C/C(C(=O)NCc1ccco1)=C1/NCCO1. The number of hydrogen-bond donors (Lipinski definition) is 2. The Morgan fingerprint density at radius 1 is 1.65 bits per heavy atom. The molecule has 6 nitrogen and oxygen atoms in total. The van der Waals surface area contributed by atoms with Crippen LogP contribution in [0.25, 0.3) is 0 Å². The molecule has 0 aliphatic carbocycles. The van der Waals surface area contributed by atoms with Crippen LogP contribution in [0, 0.1) is 11.3 Å². The Bertz CT molecular complexity index is 463. The second kappa shape index (κ2) is 5.07. The predicted molar refractivity (Wildman–Crippen MR) is 57.1 cm³/mol. The first-order valence-corrected chi connectivity index (χ1v) is 5.13. The number of nitriles is 1. The molecule has 0 spiro atoms. The van der Waals surface area contributed by atoms with Gasteiger partial charge in [0, 0.05) is 0 Å². The van der Waals surface area contributed by atoms with Crippen LogP contribution >= 0.6 is 0 Å². The standard InChI is InChI=1S/C11H11N3O3/c12-6-9(11-13-3-5-17-11)10(15)14-7-8-2-1-4-16-8/h1-2,4,13H,3,5,7H2,(H,14,15)/b11-9+. The van der Waals surface area contributed by atoms with Crippen molar-refractivity contribution in [1.82, 2.24) is 10.6 Å². The fourth-order valence-corrected chi connectivity index (χ4v) is 1.40. The summed E-state index contributed by atoms with van der Waals surface area (Å²) in [6.45, 7) is 1.31. The van der Waals surface area contributed by atoms with E-state index in [0.29, 0.717) is 18.9 Å². The van der Waals surface area contributed by atoms with Gasteiger partial charge in [0.2, 0.25) is 5.88 Å². The normalized spacial score (nSPS) is 16.6. The Hall–Kier alpha value is -2.42. The van der Waals surface area contributed by atoms with Crippen LogP contribution in [0.1, 0.15) is 5.76 Å². The van der Waals surface area contributed by atoms with Crippen LogP contribution in [0.3, 0.4) is 0 Å². The Labute approximate surface area is 97.9 Å². The molecule has 2 rings (SSSR count). The van der Waals surface area contributed by atoms with Gasteiger partial charge < -0.3 is 19.8 Å². The lowest BCUT2D eigenvalue weighted by molar-refractivity contribution is -0.117. The largest absolute Gasteiger partial charge is 0.476 e. The maximum absolute atomic E-state index is 11.7. The highest BCUT2D eigenvalue weighted by Crippen LogP contribution is 2.07. The number of hydrogen-bond acceptors (Lipinski definition) is 5. The van der Waals surface area contributed by atoms with Crippen LogP contribution in [-0.2, 0) is 16.1 Å². The number of amides is 1. The molecule has 0 bridgehead atoms. The van der Waals surface area contributed by atoms with Gasteiger partial charge in [-0.25, -0.2) is 0 Å². The molecule has 6 heteroatoms. The lowest BCUT2D eigenvalue weighted by Gasteiger charge is -2.04. The number of ether oxygens (including phenoxy) is 1. The van der Waals surface area contributed by atoms with E-state index in [1.54, 1.807) is 12.1 Å². The van der Waals surface area contributed by atoms with Crippen molar-refractivity contribution in [3.8, 4) is 6.07 Å². The zero-order chi connectivity index (χ0) is 12.1. The molecule has 0 unspecified atom stereocenters. The number of nitrogens with one attached hydrogen (secondary N) is 2. The molecule has 1 aliphatic heterocycles. The number of furan rings is 1. The quantitative estimate of drug-likeness (QED) is 0.577. The van der Waals surface area contributed by atoms with E-state index in [1.807, 2.05) is 6.07 Å². The van der Waals surface area contributed by atoms with Crippen molar-refractivity contribution in [2.24, 2.45) is 0 Å². The van der Waals surface area contributed by atoms with Crippen molar-refractivity contribution < 1.29 is 13.9 Å². The lowest BCUT2D eigenvalue weighted by atomic mass is 10.3. The Balaban J connectivity index is 1.99. The fraction of sp³-hybridized carbons (Fsp3) is 0.273. The number of rotatable bonds is 3. The van der Waals surface area contributed by atoms with Crippen LogP contribution in [-0.4, -0.2) is 19.1 Å². The highest BCUT2D eigenvalue weighted by Gasteiger charge is 2.19. The Morgan fingerprint density at radius 3 is 3.12 bits per heavy atom. The molecule has 17 heavy (non-hydrogen) atoms. The summed E-state index contributed by atoms with van der Waals surface area (Å²) in [6, 6.07) is 5.29. The summed E-state index contributed by atoms with van der Waals surface area (Å²) in [6.07, 6.45) is 1.52. The first kappa shape index (κ1) is 11.1. The van der Waals surface area contributed by atoms with E-state index in [1.165, 1.54) is 6.26 Å². The number of carbonyl (C=O) groups is 1. The minimum atomic E-state index is -0.478. The van der Waals surface area contributed by atoms with E-state index >= 15 is 0 Å². The number of nitrogens with zero attached hydrogens (tertiary/aromatic N) is 1. The molecule has 1 aromatic heterocycles. The van der Waals surface area contributed by atoms with E-state index in [0.717, 1.165) is 0 Å². The van der Waals surface area contributed by atoms with E-state index < -0.39 is 5.91 Å². The van der Waals surface area contributed by atoms with E-state index in [4.69, 9.17) is 14.4 Å². The molecular formula is C11H11N3O3. The molecule has 0 aromatic carbocycles. The van der Waals surface area contributed by atoms with Gasteiger partial charge in [0.25, 0.3) is 5.91 Å². The molecule has 2 heterocycles. The Kier molecular flexibility index (Phi) is 3.31. The third kappa shape index (κ3) is 2.58. The molecule has 1 aliphatic rings. The molecule has 2 N–H and O–H groups in total. The first-order chi connectivity index (χ1) is 8.31. The van der Waals surface area contributed by atoms with Crippen molar-refractivity contribution in [2.75, 3.05) is 13.2 Å². The van der Waals surface area contributed by atoms with Crippen LogP contribution in [0.4, 0.5) is 0 Å². The first-order valence-electron chi connectivity index (χ1n) is 5.13. The van der Waals surface area contributed by atoms with E-state index in [2.05, 4.69) is 10.6 Å². The minimum Gasteiger partial charge on any atom is -0.476 e. The lowest BCUT2D eigenvalue weighted by Crippen LogP contribution is -2.26. The topological polar surface area (TPSA) is 87.3 Å². The van der Waals surface area contributed by atoms with Crippen LogP contribution in [0.15, 0.2) is 34.3 Å². The fourth-order valence-electron chi connectivity index (χ4n) is 1.40. The van der Waals surface area contributed by atoms with Gasteiger partial charge in [0.05, 0.1) is 19.4 Å². The van der Waals surface area contributed by atoms with Gasteiger partial charge in [-0.2, -0.15) is 5.26 Å². The van der Waals surface area contributed by atoms with Crippen molar-refractivity contribution >= 4 is 5.91 Å². The molecule has 0 atom stereocenters. The summed E-state index contributed by atoms with van der Waals surface area (Å²) in [4.78, 5) is 11.7. The summed E-state index contributed by atoms with van der Waals surface area (Å²) < 4.78 is 10.2. The van der Waals surface area contributed by atoms with Crippen LogP contribution in [0.5, 0.6) is 0 Å². The zero-order valence-corrected chi connectivity index (χ0v) is 9.03. The van der Waals surface area contributed by atoms with Crippen molar-refractivity contribution in [3.05, 3.63) is 35.6 Å².